The summed E-state index contributed by atoms with van der Waals surface area (Å²) in [5.41, 5.74) is 0.946. The zero-order valence-corrected chi connectivity index (χ0v) is 16.0. The van der Waals surface area contributed by atoms with Crippen LogP contribution in [0.1, 0.15) is 12.5 Å². The number of amides is 2. The van der Waals surface area contributed by atoms with Crippen molar-refractivity contribution in [3.63, 3.8) is 0 Å². The van der Waals surface area contributed by atoms with Gasteiger partial charge in [-0.2, -0.15) is 8.42 Å². The molecule has 0 fully saturated rings. The SMILES string of the molecule is C[C@H](NC(=O)COc1ccccc1)C(=O)NCc1cccc(NS(N)(=O)=O)c1. The first-order valence-corrected chi connectivity index (χ1v) is 9.92. The van der Waals surface area contributed by atoms with Crippen LogP contribution in [0.4, 0.5) is 5.69 Å². The third kappa shape index (κ3) is 7.64. The highest BCUT2D eigenvalue weighted by molar-refractivity contribution is 7.90. The lowest BCUT2D eigenvalue weighted by Crippen LogP contribution is -2.46. The van der Waals surface area contributed by atoms with Gasteiger partial charge in [-0.3, -0.25) is 14.3 Å². The maximum Gasteiger partial charge on any atom is 0.296 e. The smallest absolute Gasteiger partial charge is 0.296 e. The topological polar surface area (TPSA) is 140 Å². The minimum atomic E-state index is -3.87. The van der Waals surface area contributed by atoms with E-state index in [1.807, 2.05) is 6.07 Å². The number of anilines is 1. The molecule has 0 unspecified atom stereocenters. The molecule has 2 aromatic carbocycles. The molecule has 2 rings (SSSR count). The fourth-order valence-corrected chi connectivity index (χ4v) is 2.72. The number of carbonyl (C=O) groups is 2. The van der Waals surface area contributed by atoms with Gasteiger partial charge in [-0.1, -0.05) is 30.3 Å². The number of ether oxygens (including phenoxy) is 1. The summed E-state index contributed by atoms with van der Waals surface area (Å²) in [5.74, 6) is -0.258. The van der Waals surface area contributed by atoms with Gasteiger partial charge in [0.05, 0.1) is 5.69 Å². The van der Waals surface area contributed by atoms with Gasteiger partial charge in [0.15, 0.2) is 6.61 Å². The summed E-state index contributed by atoms with van der Waals surface area (Å²) < 4.78 is 29.6. The normalized spacial score (nSPS) is 11.9. The number of para-hydroxylation sites is 1. The monoisotopic (exact) mass is 406 g/mol. The van der Waals surface area contributed by atoms with E-state index in [1.54, 1.807) is 49.4 Å². The number of hydrogen-bond acceptors (Lipinski definition) is 5. The first kappa shape index (κ1) is 21.2. The summed E-state index contributed by atoms with van der Waals surface area (Å²) in [5, 5.41) is 10.1. The summed E-state index contributed by atoms with van der Waals surface area (Å²) in [6.07, 6.45) is 0. The van der Waals surface area contributed by atoms with Crippen LogP contribution < -0.4 is 25.2 Å². The lowest BCUT2D eigenvalue weighted by atomic mass is 10.2. The molecule has 150 valence electrons. The van der Waals surface area contributed by atoms with Crippen LogP contribution in [0, 0.1) is 0 Å². The van der Waals surface area contributed by atoms with E-state index in [0.717, 1.165) is 0 Å². The van der Waals surface area contributed by atoms with Crippen molar-refractivity contribution in [3.8, 4) is 5.75 Å². The Labute approximate surface area is 163 Å². The van der Waals surface area contributed by atoms with Crippen molar-refractivity contribution in [2.75, 3.05) is 11.3 Å². The predicted molar refractivity (Wildman–Crippen MR) is 105 cm³/mol. The summed E-state index contributed by atoms with van der Waals surface area (Å²) in [4.78, 5) is 24.0. The minimum Gasteiger partial charge on any atom is -0.484 e. The van der Waals surface area contributed by atoms with Crippen LogP contribution in [-0.4, -0.2) is 32.9 Å². The van der Waals surface area contributed by atoms with Gasteiger partial charge < -0.3 is 15.4 Å². The highest BCUT2D eigenvalue weighted by atomic mass is 32.2. The molecule has 0 saturated carbocycles. The van der Waals surface area contributed by atoms with Gasteiger partial charge in [0.1, 0.15) is 11.8 Å². The average molecular weight is 406 g/mol. The molecule has 10 heteroatoms. The Hall–Kier alpha value is -3.11. The Morgan fingerprint density at radius 3 is 2.50 bits per heavy atom. The highest BCUT2D eigenvalue weighted by Crippen LogP contribution is 2.11. The van der Waals surface area contributed by atoms with Crippen molar-refractivity contribution >= 4 is 27.7 Å². The molecule has 1 atom stereocenters. The molecular weight excluding hydrogens is 384 g/mol. The lowest BCUT2D eigenvalue weighted by molar-refractivity contribution is -0.129. The largest absolute Gasteiger partial charge is 0.484 e. The minimum absolute atomic E-state index is 0.152. The van der Waals surface area contributed by atoms with E-state index in [2.05, 4.69) is 15.4 Å². The van der Waals surface area contributed by atoms with Crippen LogP contribution in [0.3, 0.4) is 0 Å². The molecule has 0 radical (unpaired) electrons. The number of nitrogens with two attached hydrogens (primary N) is 1. The van der Waals surface area contributed by atoms with E-state index in [0.29, 0.717) is 11.3 Å². The van der Waals surface area contributed by atoms with Crippen molar-refractivity contribution in [3.05, 3.63) is 60.2 Å². The fourth-order valence-electron chi connectivity index (χ4n) is 2.27. The first-order valence-electron chi connectivity index (χ1n) is 8.37. The summed E-state index contributed by atoms with van der Waals surface area (Å²) in [7, 11) is -3.87. The highest BCUT2D eigenvalue weighted by Gasteiger charge is 2.15. The van der Waals surface area contributed by atoms with Crippen LogP contribution in [-0.2, 0) is 26.3 Å². The second kappa shape index (κ2) is 9.72. The van der Waals surface area contributed by atoms with Gasteiger partial charge in [0, 0.05) is 6.54 Å². The van der Waals surface area contributed by atoms with Crippen molar-refractivity contribution in [2.45, 2.75) is 19.5 Å². The summed E-state index contributed by atoms with van der Waals surface area (Å²) in [6.45, 7) is 1.50. The predicted octanol–water partition coefficient (Wildman–Crippen LogP) is 0.502. The molecule has 0 aliphatic rings. The van der Waals surface area contributed by atoms with Crippen molar-refractivity contribution in [1.82, 2.24) is 10.6 Å². The Morgan fingerprint density at radius 1 is 1.11 bits per heavy atom. The molecule has 0 heterocycles. The molecule has 2 aromatic rings. The van der Waals surface area contributed by atoms with Gasteiger partial charge in [-0.25, -0.2) is 5.14 Å². The molecule has 0 aromatic heterocycles. The Balaban J connectivity index is 1.79. The van der Waals surface area contributed by atoms with Crippen LogP contribution in [0.15, 0.2) is 54.6 Å². The second-order valence-electron chi connectivity index (χ2n) is 5.96. The van der Waals surface area contributed by atoms with Crippen LogP contribution >= 0.6 is 0 Å². The van der Waals surface area contributed by atoms with Crippen LogP contribution in [0.25, 0.3) is 0 Å². The average Bonchev–Trinajstić information content (AvgIpc) is 2.64. The molecule has 9 nitrogen and oxygen atoms in total. The fraction of sp³-hybridized carbons (Fsp3) is 0.222. The molecular formula is C18H22N4O5S. The quantitative estimate of drug-likeness (QED) is 0.480. The van der Waals surface area contributed by atoms with E-state index in [4.69, 9.17) is 9.88 Å². The molecule has 0 aliphatic carbocycles. The first-order chi connectivity index (χ1) is 13.2. The Morgan fingerprint density at radius 2 is 1.82 bits per heavy atom. The standard InChI is InChI=1S/C18H22N4O5S/c1-13(21-17(23)12-27-16-8-3-2-4-9-16)18(24)20-11-14-6-5-7-15(10-14)22-28(19,25)26/h2-10,13,22H,11-12H2,1H3,(H,20,24)(H,21,23)(H2,19,25,26)/t13-/m0/s1. The molecule has 2 amide bonds. The number of benzene rings is 2. The van der Waals surface area contributed by atoms with Gasteiger partial charge in [-0.05, 0) is 36.8 Å². The second-order valence-corrected chi connectivity index (χ2v) is 7.25. The maximum absolute atomic E-state index is 12.1. The molecule has 5 N–H and O–H groups in total. The number of hydrogen-bond donors (Lipinski definition) is 4. The van der Waals surface area contributed by atoms with Crippen molar-refractivity contribution in [2.24, 2.45) is 5.14 Å². The lowest BCUT2D eigenvalue weighted by Gasteiger charge is -2.15. The molecule has 0 spiro atoms. The Bertz CT molecular complexity index is 919. The van der Waals surface area contributed by atoms with E-state index in [1.165, 1.54) is 6.07 Å². The van der Waals surface area contributed by atoms with E-state index in [-0.39, 0.29) is 18.8 Å². The van der Waals surface area contributed by atoms with E-state index in [9.17, 15) is 18.0 Å². The van der Waals surface area contributed by atoms with E-state index < -0.39 is 28.1 Å². The zero-order valence-electron chi connectivity index (χ0n) is 15.2. The molecule has 0 aliphatic heterocycles. The van der Waals surface area contributed by atoms with Crippen LogP contribution in [0.5, 0.6) is 5.75 Å². The summed E-state index contributed by atoms with van der Waals surface area (Å²) >= 11 is 0. The molecule has 28 heavy (non-hydrogen) atoms. The van der Waals surface area contributed by atoms with Crippen LogP contribution in [0.2, 0.25) is 0 Å². The van der Waals surface area contributed by atoms with Crippen molar-refractivity contribution < 1.29 is 22.7 Å². The maximum atomic E-state index is 12.1. The van der Waals surface area contributed by atoms with Gasteiger partial charge >= 0.3 is 0 Å². The van der Waals surface area contributed by atoms with E-state index >= 15 is 0 Å². The molecule has 0 bridgehead atoms. The third-order valence-electron chi connectivity index (χ3n) is 3.54. The van der Waals surface area contributed by atoms with Gasteiger partial charge in [0.2, 0.25) is 5.91 Å². The third-order valence-corrected chi connectivity index (χ3v) is 4.06. The number of nitrogens with one attached hydrogen (secondary N) is 3. The number of carbonyl (C=O) groups excluding carboxylic acids is 2. The summed E-state index contributed by atoms with van der Waals surface area (Å²) in [6, 6.07) is 14.5. The Kier molecular flexibility index (Phi) is 7.36. The van der Waals surface area contributed by atoms with Gasteiger partial charge in [0.25, 0.3) is 16.1 Å². The zero-order chi connectivity index (χ0) is 20.6. The van der Waals surface area contributed by atoms with Crippen molar-refractivity contribution in [1.29, 1.82) is 0 Å². The molecule has 0 saturated heterocycles. The number of rotatable bonds is 9. The van der Waals surface area contributed by atoms with Gasteiger partial charge in [-0.15, -0.1) is 0 Å².